The van der Waals surface area contributed by atoms with Crippen LogP contribution in [0.4, 0.5) is 0 Å². The normalized spacial score (nSPS) is 17.3. The summed E-state index contributed by atoms with van der Waals surface area (Å²) in [5.41, 5.74) is 3.23. The summed E-state index contributed by atoms with van der Waals surface area (Å²) in [5, 5.41) is 0. The molecule has 0 bridgehead atoms. The van der Waals surface area contributed by atoms with Gasteiger partial charge in [-0.2, -0.15) is 0 Å². The van der Waals surface area contributed by atoms with Gasteiger partial charge in [0.05, 0.1) is 13.2 Å². The third-order valence-electron chi connectivity index (χ3n) is 7.33. The number of aromatic nitrogens is 1. The molecule has 0 atom stereocenters. The standard InChI is InChI=1S/C31H44N4O4/c1-23(39-31(2,3)4)34-13-11-24(12-14-34)21-38-29-10-8-25(19-27(29)22-37-6)26-7-9-28(32-20-26)30(36)35-17-15-33(5)16-18-35/h7-10,19-20,24H,1,11-18,21-22H2,2-6H3. The number of methoxy groups -OCH3 is 1. The number of benzene rings is 1. The van der Waals surface area contributed by atoms with Crippen molar-refractivity contribution in [1.82, 2.24) is 19.7 Å². The summed E-state index contributed by atoms with van der Waals surface area (Å²) in [7, 11) is 3.77. The van der Waals surface area contributed by atoms with Crippen LogP contribution >= 0.6 is 0 Å². The fourth-order valence-corrected chi connectivity index (χ4v) is 5.01. The van der Waals surface area contributed by atoms with E-state index in [1.165, 1.54) is 0 Å². The Morgan fingerprint density at radius 2 is 1.69 bits per heavy atom. The van der Waals surface area contributed by atoms with E-state index in [4.69, 9.17) is 14.2 Å². The number of pyridine rings is 1. The molecule has 0 N–H and O–H groups in total. The van der Waals surface area contributed by atoms with E-state index < -0.39 is 0 Å². The van der Waals surface area contributed by atoms with Crippen LogP contribution in [0.1, 0.15) is 49.7 Å². The maximum absolute atomic E-state index is 12.8. The predicted molar refractivity (Wildman–Crippen MR) is 154 cm³/mol. The van der Waals surface area contributed by atoms with Crippen molar-refractivity contribution >= 4 is 5.91 Å². The summed E-state index contributed by atoms with van der Waals surface area (Å²) < 4.78 is 17.7. The van der Waals surface area contributed by atoms with E-state index in [9.17, 15) is 4.79 Å². The van der Waals surface area contributed by atoms with E-state index in [0.29, 0.717) is 24.8 Å². The Balaban J connectivity index is 1.34. The Morgan fingerprint density at radius 3 is 2.31 bits per heavy atom. The third kappa shape index (κ3) is 7.96. The van der Waals surface area contributed by atoms with Gasteiger partial charge >= 0.3 is 0 Å². The van der Waals surface area contributed by atoms with Crippen LogP contribution in [0.15, 0.2) is 49.0 Å². The lowest BCUT2D eigenvalue weighted by Crippen LogP contribution is -2.47. The molecule has 8 heteroatoms. The maximum atomic E-state index is 12.8. The van der Waals surface area contributed by atoms with E-state index in [2.05, 4.69) is 34.5 Å². The molecule has 0 unspecified atom stereocenters. The zero-order valence-electron chi connectivity index (χ0n) is 24.2. The minimum atomic E-state index is -0.235. The molecule has 4 rings (SSSR count). The van der Waals surface area contributed by atoms with Gasteiger partial charge in [-0.05, 0) is 76.9 Å². The monoisotopic (exact) mass is 536 g/mol. The molecule has 0 spiro atoms. The largest absolute Gasteiger partial charge is 0.493 e. The lowest BCUT2D eigenvalue weighted by molar-refractivity contribution is -0.00746. The quantitative estimate of drug-likeness (QED) is 0.432. The Morgan fingerprint density at radius 1 is 1.00 bits per heavy atom. The number of ether oxygens (including phenoxy) is 3. The number of likely N-dealkylation sites (N-methyl/N-ethyl adjacent to an activating group) is 1. The molecule has 0 radical (unpaired) electrons. The van der Waals surface area contributed by atoms with Crippen molar-refractivity contribution in [2.45, 2.75) is 45.8 Å². The number of likely N-dealkylation sites (tertiary alicyclic amines) is 1. The van der Waals surface area contributed by atoms with Crippen LogP contribution in [0, 0.1) is 5.92 Å². The Kier molecular flexibility index (Phi) is 9.51. The first-order valence-corrected chi connectivity index (χ1v) is 13.9. The van der Waals surface area contributed by atoms with Gasteiger partial charge in [-0.25, -0.2) is 0 Å². The average molecular weight is 537 g/mol. The molecule has 2 aliphatic rings. The van der Waals surface area contributed by atoms with Crippen molar-refractivity contribution < 1.29 is 19.0 Å². The number of hydrogen-bond acceptors (Lipinski definition) is 7. The summed E-state index contributed by atoms with van der Waals surface area (Å²) in [6.07, 6.45) is 3.85. The molecule has 1 aromatic carbocycles. The van der Waals surface area contributed by atoms with Crippen molar-refractivity contribution in [3.05, 3.63) is 60.2 Å². The molecule has 2 saturated heterocycles. The predicted octanol–water partition coefficient (Wildman–Crippen LogP) is 4.66. The highest BCUT2D eigenvalue weighted by atomic mass is 16.5. The summed E-state index contributed by atoms with van der Waals surface area (Å²) in [4.78, 5) is 23.7. The number of nitrogens with zero attached hydrogens (tertiary/aromatic N) is 4. The molecule has 2 aromatic rings. The second-order valence-corrected chi connectivity index (χ2v) is 11.6. The Bertz CT molecular complexity index is 1110. The van der Waals surface area contributed by atoms with E-state index in [1.807, 2.05) is 49.9 Å². The van der Waals surface area contributed by atoms with E-state index in [0.717, 1.165) is 80.4 Å². The molecule has 2 fully saturated rings. The van der Waals surface area contributed by atoms with Crippen molar-refractivity contribution in [2.75, 3.05) is 60.0 Å². The molecule has 0 saturated carbocycles. The highest BCUT2D eigenvalue weighted by Gasteiger charge is 2.24. The summed E-state index contributed by atoms with van der Waals surface area (Å²) >= 11 is 0. The topological polar surface area (TPSA) is 67.4 Å². The van der Waals surface area contributed by atoms with Gasteiger partial charge < -0.3 is 28.9 Å². The van der Waals surface area contributed by atoms with Gasteiger partial charge in [0.2, 0.25) is 0 Å². The van der Waals surface area contributed by atoms with Gasteiger partial charge in [-0.3, -0.25) is 9.78 Å². The summed E-state index contributed by atoms with van der Waals surface area (Å²) in [6.45, 7) is 16.5. The molecular formula is C31H44N4O4. The van der Waals surface area contributed by atoms with Crippen LogP contribution in [-0.2, 0) is 16.1 Å². The number of carbonyl (C=O) groups is 1. The van der Waals surface area contributed by atoms with Crippen molar-refractivity contribution in [1.29, 1.82) is 0 Å². The van der Waals surface area contributed by atoms with E-state index in [-0.39, 0.29) is 11.5 Å². The number of hydrogen-bond donors (Lipinski definition) is 0. The zero-order valence-corrected chi connectivity index (χ0v) is 24.2. The van der Waals surface area contributed by atoms with Gasteiger partial charge in [0.15, 0.2) is 5.88 Å². The van der Waals surface area contributed by atoms with Crippen LogP contribution in [0.25, 0.3) is 11.1 Å². The van der Waals surface area contributed by atoms with Crippen LogP contribution in [0.5, 0.6) is 5.75 Å². The lowest BCUT2D eigenvalue weighted by atomic mass is 9.98. The average Bonchev–Trinajstić information content (AvgIpc) is 2.92. The summed E-state index contributed by atoms with van der Waals surface area (Å²) in [5.74, 6) is 2.08. The van der Waals surface area contributed by atoms with Crippen LogP contribution in [0.2, 0.25) is 0 Å². The minimum Gasteiger partial charge on any atom is -0.493 e. The van der Waals surface area contributed by atoms with E-state index in [1.54, 1.807) is 13.3 Å². The van der Waals surface area contributed by atoms with Crippen LogP contribution < -0.4 is 4.74 Å². The molecule has 8 nitrogen and oxygen atoms in total. The number of carbonyl (C=O) groups excluding carboxylic acids is 1. The zero-order chi connectivity index (χ0) is 28.0. The number of piperazine rings is 1. The molecule has 212 valence electrons. The first kappa shape index (κ1) is 28.9. The molecule has 3 heterocycles. The Hall–Kier alpha value is -3.10. The molecule has 2 aliphatic heterocycles. The van der Waals surface area contributed by atoms with Crippen LogP contribution in [-0.4, -0.2) is 91.2 Å². The smallest absolute Gasteiger partial charge is 0.272 e. The van der Waals surface area contributed by atoms with Gasteiger partial charge in [0, 0.05) is 63.7 Å². The fourth-order valence-electron chi connectivity index (χ4n) is 5.01. The molecule has 1 aromatic heterocycles. The van der Waals surface area contributed by atoms with Gasteiger partial charge in [0.25, 0.3) is 5.91 Å². The first-order chi connectivity index (χ1) is 18.6. The van der Waals surface area contributed by atoms with Crippen molar-refractivity contribution in [2.24, 2.45) is 5.92 Å². The van der Waals surface area contributed by atoms with E-state index >= 15 is 0 Å². The second-order valence-electron chi connectivity index (χ2n) is 11.6. The number of amides is 1. The molecular weight excluding hydrogens is 492 g/mol. The van der Waals surface area contributed by atoms with Gasteiger partial charge in [0.1, 0.15) is 17.0 Å². The van der Waals surface area contributed by atoms with Crippen LogP contribution in [0.3, 0.4) is 0 Å². The molecule has 1 amide bonds. The van der Waals surface area contributed by atoms with Crippen molar-refractivity contribution in [3.63, 3.8) is 0 Å². The first-order valence-electron chi connectivity index (χ1n) is 13.9. The summed E-state index contributed by atoms with van der Waals surface area (Å²) in [6, 6.07) is 9.94. The SMILES string of the molecule is C=C(OC(C)(C)C)N1CCC(COc2ccc(-c3ccc(C(=O)N4CCN(C)CC4)nc3)cc2COC)CC1. The number of rotatable bonds is 9. The van der Waals surface area contributed by atoms with Gasteiger partial charge in [-0.15, -0.1) is 0 Å². The third-order valence-corrected chi connectivity index (χ3v) is 7.33. The van der Waals surface area contributed by atoms with Crippen molar-refractivity contribution in [3.8, 4) is 16.9 Å². The highest BCUT2D eigenvalue weighted by molar-refractivity contribution is 5.92. The minimum absolute atomic E-state index is 0.00431. The molecule has 0 aliphatic carbocycles. The maximum Gasteiger partial charge on any atom is 0.272 e. The fraction of sp³-hybridized carbons (Fsp3) is 0.548. The lowest BCUT2D eigenvalue weighted by Gasteiger charge is -2.36. The Labute approximate surface area is 233 Å². The highest BCUT2D eigenvalue weighted by Crippen LogP contribution is 2.29. The molecule has 39 heavy (non-hydrogen) atoms. The number of piperidine rings is 1. The van der Waals surface area contributed by atoms with Gasteiger partial charge in [-0.1, -0.05) is 12.1 Å². The second kappa shape index (κ2) is 12.8.